The number of carbonyl (C=O) groups is 1. The Morgan fingerprint density at radius 1 is 1.09 bits per heavy atom. The number of fused-ring (bicyclic) bond motifs is 1. The largest absolute Gasteiger partial charge is 0.497 e. The zero-order chi connectivity index (χ0) is 24.7. The SMILES string of the molecule is C=CCC1(CC=C)/C(=C/C=N/N=C(\O)c2ccc(C(=O)OC)cc2)N(C)c2cc(OC)ccc21.[Co]. The number of hydrogen-bond acceptors (Lipinski definition) is 6. The van der Waals surface area contributed by atoms with Crippen molar-refractivity contribution in [1.82, 2.24) is 0 Å². The summed E-state index contributed by atoms with van der Waals surface area (Å²) in [6, 6.07) is 12.3. The van der Waals surface area contributed by atoms with Crippen LogP contribution in [0.25, 0.3) is 0 Å². The molecular weight excluding hydrogens is 489 g/mol. The van der Waals surface area contributed by atoms with Crippen LogP contribution in [0.4, 0.5) is 5.69 Å². The number of esters is 1. The molecule has 0 saturated heterocycles. The van der Waals surface area contributed by atoms with Gasteiger partial charge in [-0.05, 0) is 54.8 Å². The van der Waals surface area contributed by atoms with Gasteiger partial charge in [0.25, 0.3) is 0 Å². The molecule has 8 heteroatoms. The van der Waals surface area contributed by atoms with Crippen molar-refractivity contribution < 1.29 is 36.2 Å². The van der Waals surface area contributed by atoms with E-state index < -0.39 is 5.97 Å². The molecule has 0 amide bonds. The van der Waals surface area contributed by atoms with E-state index in [1.54, 1.807) is 37.6 Å². The average molecular weight is 518 g/mol. The summed E-state index contributed by atoms with van der Waals surface area (Å²) in [7, 11) is 4.96. The van der Waals surface area contributed by atoms with Gasteiger partial charge < -0.3 is 19.5 Å². The van der Waals surface area contributed by atoms with Crippen molar-refractivity contribution in [3.63, 3.8) is 0 Å². The van der Waals surface area contributed by atoms with Gasteiger partial charge in [-0.1, -0.05) is 18.2 Å². The number of likely N-dealkylation sites (N-methyl/N-ethyl adjacent to an activating group) is 1. The Morgan fingerprint density at radius 3 is 2.29 bits per heavy atom. The normalized spacial score (nSPS) is 15.5. The number of benzene rings is 2. The molecule has 35 heavy (non-hydrogen) atoms. The zero-order valence-electron chi connectivity index (χ0n) is 20.0. The standard InChI is InChI=1S/C27H29N3O4.Co/c1-6-15-27(16-7-2)22-13-12-21(33-4)18-23(22)30(3)24(27)14-17-28-29-25(31)19-8-10-20(11-9-19)26(32)34-5;/h6-14,17-18H,1-2,15-16H2,3-5H3,(H,29,31);/b24-14-,28-17+;. The van der Waals surface area contributed by atoms with Crippen molar-refractivity contribution >= 4 is 23.8 Å². The Bertz CT molecular complexity index is 1160. The molecule has 185 valence electrons. The monoisotopic (exact) mass is 518 g/mol. The number of carbonyl (C=O) groups excluding carboxylic acids is 1. The molecule has 1 radical (unpaired) electrons. The molecule has 1 aliphatic rings. The van der Waals surface area contributed by atoms with Crippen molar-refractivity contribution in [1.29, 1.82) is 0 Å². The van der Waals surface area contributed by atoms with E-state index in [2.05, 4.69) is 39.1 Å². The number of nitrogens with zero attached hydrogens (tertiary/aromatic N) is 3. The van der Waals surface area contributed by atoms with Crippen molar-refractivity contribution in [2.24, 2.45) is 10.2 Å². The number of allylic oxidation sites excluding steroid dienone is 4. The second-order valence-corrected chi connectivity index (χ2v) is 7.82. The number of rotatable bonds is 9. The smallest absolute Gasteiger partial charge is 0.337 e. The van der Waals surface area contributed by atoms with Crippen LogP contribution >= 0.6 is 0 Å². The molecule has 2 aromatic rings. The van der Waals surface area contributed by atoms with E-state index in [1.165, 1.54) is 7.11 Å². The maximum atomic E-state index is 11.6. The fourth-order valence-corrected chi connectivity index (χ4v) is 4.31. The van der Waals surface area contributed by atoms with Crippen LogP contribution in [0.1, 0.15) is 34.3 Å². The maximum absolute atomic E-state index is 11.6. The molecule has 1 aliphatic heterocycles. The van der Waals surface area contributed by atoms with Gasteiger partial charge in [-0.2, -0.15) is 5.10 Å². The Morgan fingerprint density at radius 2 is 1.71 bits per heavy atom. The average Bonchev–Trinajstić information content (AvgIpc) is 3.08. The van der Waals surface area contributed by atoms with E-state index in [1.807, 2.05) is 37.4 Å². The van der Waals surface area contributed by atoms with Crippen LogP contribution < -0.4 is 9.64 Å². The van der Waals surface area contributed by atoms with E-state index >= 15 is 0 Å². The van der Waals surface area contributed by atoms with Gasteiger partial charge in [-0.3, -0.25) is 0 Å². The van der Waals surface area contributed by atoms with Gasteiger partial charge in [-0.15, -0.1) is 18.3 Å². The Hall–Kier alpha value is -3.62. The third-order valence-electron chi connectivity index (χ3n) is 5.93. The summed E-state index contributed by atoms with van der Waals surface area (Å²) in [6.07, 6.45) is 8.67. The van der Waals surface area contributed by atoms with Crippen LogP contribution in [0.5, 0.6) is 5.75 Å². The Kier molecular flexibility index (Phi) is 9.62. The predicted octanol–water partition coefficient (Wildman–Crippen LogP) is 5.19. The van der Waals surface area contributed by atoms with Crippen molar-refractivity contribution in [2.45, 2.75) is 18.3 Å². The van der Waals surface area contributed by atoms with E-state index in [-0.39, 0.29) is 28.1 Å². The first kappa shape index (κ1) is 27.6. The molecule has 0 aromatic heterocycles. The van der Waals surface area contributed by atoms with Crippen molar-refractivity contribution in [3.8, 4) is 5.75 Å². The van der Waals surface area contributed by atoms with Crippen molar-refractivity contribution in [3.05, 3.63) is 96.2 Å². The first-order valence-electron chi connectivity index (χ1n) is 10.8. The topological polar surface area (TPSA) is 83.7 Å². The van der Waals surface area contributed by atoms with Crippen LogP contribution in [-0.2, 0) is 26.9 Å². The molecule has 1 N–H and O–H groups in total. The van der Waals surface area contributed by atoms with Gasteiger partial charge in [0.15, 0.2) is 0 Å². The third kappa shape index (κ3) is 5.55. The van der Waals surface area contributed by atoms with Crippen molar-refractivity contribution in [2.75, 3.05) is 26.2 Å². The number of anilines is 1. The summed E-state index contributed by atoms with van der Waals surface area (Å²) in [5, 5.41) is 18.2. The number of aliphatic hydroxyl groups excluding tert-OH is 1. The second kappa shape index (κ2) is 12.2. The minimum Gasteiger partial charge on any atom is -0.497 e. The summed E-state index contributed by atoms with van der Waals surface area (Å²) < 4.78 is 10.1. The number of ether oxygens (including phenoxy) is 2. The summed E-state index contributed by atoms with van der Waals surface area (Å²) in [5.74, 6) is 0.0659. The molecule has 0 saturated carbocycles. The quantitative estimate of drug-likeness (QED) is 0.162. The minimum atomic E-state index is -0.450. The van der Waals surface area contributed by atoms with E-state index in [0.29, 0.717) is 24.0 Å². The molecule has 0 spiro atoms. The van der Waals surface area contributed by atoms with Gasteiger partial charge in [0.1, 0.15) is 5.75 Å². The first-order valence-corrected chi connectivity index (χ1v) is 10.8. The number of methoxy groups -OCH3 is 2. The van der Waals surface area contributed by atoms with Crippen LogP contribution in [0.15, 0.2) is 89.8 Å². The Balaban J connectivity index is 0.00000432. The third-order valence-corrected chi connectivity index (χ3v) is 5.93. The van der Waals surface area contributed by atoms with Gasteiger partial charge in [0.05, 0.1) is 26.0 Å². The minimum absolute atomic E-state index is 0. The van der Waals surface area contributed by atoms with Crippen LogP contribution in [-0.4, -0.2) is 44.5 Å². The van der Waals surface area contributed by atoms with Gasteiger partial charge in [0, 0.05) is 52.3 Å². The van der Waals surface area contributed by atoms with Gasteiger partial charge in [0.2, 0.25) is 5.90 Å². The predicted molar refractivity (Wildman–Crippen MR) is 136 cm³/mol. The molecule has 0 atom stereocenters. The van der Waals surface area contributed by atoms with E-state index in [0.717, 1.165) is 22.7 Å². The molecule has 7 nitrogen and oxygen atoms in total. The molecule has 2 aromatic carbocycles. The number of aliphatic hydroxyl groups is 1. The number of hydrogen-bond donors (Lipinski definition) is 1. The molecule has 3 rings (SSSR count). The van der Waals surface area contributed by atoms with Crippen LogP contribution in [0.3, 0.4) is 0 Å². The zero-order valence-corrected chi connectivity index (χ0v) is 21.1. The molecule has 0 aliphatic carbocycles. The summed E-state index contributed by atoms with van der Waals surface area (Å²) in [6.45, 7) is 7.94. The molecular formula is C27H29CoN3O4. The molecule has 1 heterocycles. The van der Waals surface area contributed by atoms with Crippen LogP contribution in [0, 0.1) is 0 Å². The summed E-state index contributed by atoms with van der Waals surface area (Å²) in [5.41, 5.74) is 3.68. The first-order chi connectivity index (χ1) is 16.4. The summed E-state index contributed by atoms with van der Waals surface area (Å²) >= 11 is 0. The second-order valence-electron chi connectivity index (χ2n) is 7.82. The van der Waals surface area contributed by atoms with Gasteiger partial charge in [-0.25, -0.2) is 4.79 Å². The molecule has 0 fully saturated rings. The molecule has 0 unspecified atom stereocenters. The van der Waals surface area contributed by atoms with Crippen LogP contribution in [0.2, 0.25) is 0 Å². The van der Waals surface area contributed by atoms with E-state index in [4.69, 9.17) is 4.74 Å². The fourth-order valence-electron chi connectivity index (χ4n) is 4.31. The fraction of sp³-hybridized carbons (Fsp3) is 0.222. The van der Waals surface area contributed by atoms with E-state index in [9.17, 15) is 9.90 Å². The summed E-state index contributed by atoms with van der Waals surface area (Å²) in [4.78, 5) is 13.7. The Labute approximate surface area is 216 Å². The maximum Gasteiger partial charge on any atom is 0.337 e. The molecule has 0 bridgehead atoms. The van der Waals surface area contributed by atoms with Gasteiger partial charge >= 0.3 is 5.97 Å².